The quantitative estimate of drug-likeness (QED) is 0.711. The van der Waals surface area contributed by atoms with Gasteiger partial charge in [-0.1, -0.05) is 30.3 Å². The summed E-state index contributed by atoms with van der Waals surface area (Å²) >= 11 is 0. The van der Waals surface area contributed by atoms with Crippen molar-refractivity contribution >= 4 is 18.1 Å². The molecule has 1 heterocycles. The Morgan fingerprint density at radius 1 is 1.17 bits per heavy atom. The fraction of sp³-hybridized carbons (Fsp3) is 0.524. The van der Waals surface area contributed by atoms with Crippen molar-refractivity contribution in [3.05, 3.63) is 35.9 Å². The Labute approximate surface area is 176 Å². The third kappa shape index (κ3) is 6.65. The third-order valence-electron chi connectivity index (χ3n) is 4.59. The van der Waals surface area contributed by atoms with Gasteiger partial charge in [-0.3, -0.25) is 4.79 Å². The SMILES string of the molecule is CC(C)(C)OC(=O)N1CCC(NC(=O)OCc2ccccc2)(C(=O)NCC#N)CC1. The molecule has 2 rings (SSSR count). The van der Waals surface area contributed by atoms with E-state index >= 15 is 0 Å². The number of nitrogens with zero attached hydrogens (tertiary/aromatic N) is 2. The molecule has 0 atom stereocenters. The molecular weight excluding hydrogens is 388 g/mol. The first-order valence-corrected chi connectivity index (χ1v) is 9.77. The van der Waals surface area contributed by atoms with E-state index in [0.29, 0.717) is 0 Å². The molecule has 9 nitrogen and oxygen atoms in total. The zero-order chi connectivity index (χ0) is 22.2. The monoisotopic (exact) mass is 416 g/mol. The summed E-state index contributed by atoms with van der Waals surface area (Å²) in [5.41, 5.74) is -1.09. The lowest BCUT2D eigenvalue weighted by Crippen LogP contribution is -2.64. The summed E-state index contributed by atoms with van der Waals surface area (Å²) in [5, 5.41) is 13.9. The van der Waals surface area contributed by atoms with Crippen molar-refractivity contribution in [3.63, 3.8) is 0 Å². The number of likely N-dealkylation sites (tertiary alicyclic amines) is 1. The lowest BCUT2D eigenvalue weighted by atomic mass is 9.86. The van der Waals surface area contributed by atoms with E-state index in [-0.39, 0.29) is 39.1 Å². The molecule has 0 unspecified atom stereocenters. The molecule has 3 amide bonds. The van der Waals surface area contributed by atoms with Gasteiger partial charge in [0.15, 0.2) is 0 Å². The minimum absolute atomic E-state index is 0.0621. The average Bonchev–Trinajstić information content (AvgIpc) is 2.70. The van der Waals surface area contributed by atoms with E-state index in [4.69, 9.17) is 14.7 Å². The summed E-state index contributed by atoms with van der Waals surface area (Å²) < 4.78 is 10.6. The molecule has 162 valence electrons. The van der Waals surface area contributed by atoms with E-state index in [1.807, 2.05) is 36.4 Å². The van der Waals surface area contributed by atoms with Crippen LogP contribution in [0.1, 0.15) is 39.2 Å². The van der Waals surface area contributed by atoms with Crippen LogP contribution in [0, 0.1) is 11.3 Å². The van der Waals surface area contributed by atoms with Crippen molar-refractivity contribution in [1.82, 2.24) is 15.5 Å². The Balaban J connectivity index is 2.02. The number of benzene rings is 1. The zero-order valence-corrected chi connectivity index (χ0v) is 17.6. The van der Waals surface area contributed by atoms with Gasteiger partial charge in [0.2, 0.25) is 5.91 Å². The van der Waals surface area contributed by atoms with Gasteiger partial charge in [0.05, 0.1) is 6.07 Å². The molecule has 0 aliphatic carbocycles. The predicted molar refractivity (Wildman–Crippen MR) is 108 cm³/mol. The van der Waals surface area contributed by atoms with E-state index in [1.165, 1.54) is 4.90 Å². The van der Waals surface area contributed by atoms with Crippen molar-refractivity contribution < 1.29 is 23.9 Å². The summed E-state index contributed by atoms with van der Waals surface area (Å²) in [6, 6.07) is 11.0. The molecule has 0 aromatic heterocycles. The van der Waals surface area contributed by atoms with E-state index in [0.717, 1.165) is 5.56 Å². The molecular formula is C21H28N4O5. The minimum Gasteiger partial charge on any atom is -0.445 e. The third-order valence-corrected chi connectivity index (χ3v) is 4.59. The van der Waals surface area contributed by atoms with Crippen molar-refractivity contribution in [1.29, 1.82) is 5.26 Å². The van der Waals surface area contributed by atoms with Gasteiger partial charge in [0.1, 0.15) is 24.3 Å². The summed E-state index contributed by atoms with van der Waals surface area (Å²) in [5.74, 6) is -0.482. The van der Waals surface area contributed by atoms with E-state index in [9.17, 15) is 14.4 Å². The highest BCUT2D eigenvalue weighted by atomic mass is 16.6. The number of ether oxygens (including phenoxy) is 2. The topological polar surface area (TPSA) is 121 Å². The van der Waals surface area contributed by atoms with Gasteiger partial charge in [0, 0.05) is 13.1 Å². The predicted octanol–water partition coefficient (Wildman–Crippen LogP) is 2.32. The lowest BCUT2D eigenvalue weighted by Gasteiger charge is -2.40. The number of nitrogens with one attached hydrogen (secondary N) is 2. The molecule has 0 saturated carbocycles. The van der Waals surface area contributed by atoms with Crippen LogP contribution in [0.4, 0.5) is 9.59 Å². The number of hydrogen-bond acceptors (Lipinski definition) is 6. The lowest BCUT2D eigenvalue weighted by molar-refractivity contribution is -0.129. The van der Waals surface area contributed by atoms with Crippen LogP contribution in [0.3, 0.4) is 0 Å². The van der Waals surface area contributed by atoms with Gasteiger partial charge >= 0.3 is 12.2 Å². The standard InChI is InChI=1S/C21H28N4O5/c1-20(2,3)30-19(28)25-13-9-21(10-14-25,17(26)23-12-11-22)24-18(27)29-15-16-7-5-4-6-8-16/h4-8H,9-10,12-15H2,1-3H3,(H,23,26)(H,24,27). The molecule has 0 radical (unpaired) electrons. The van der Waals surface area contributed by atoms with E-state index in [2.05, 4.69) is 10.6 Å². The second-order valence-electron chi connectivity index (χ2n) is 8.08. The highest BCUT2D eigenvalue weighted by molar-refractivity contribution is 5.90. The Hall–Kier alpha value is -3.28. The Bertz CT molecular complexity index is 790. The largest absolute Gasteiger partial charge is 0.445 e. The highest BCUT2D eigenvalue weighted by Gasteiger charge is 2.44. The molecule has 9 heteroatoms. The average molecular weight is 416 g/mol. The van der Waals surface area contributed by atoms with Crippen LogP contribution in [-0.4, -0.2) is 53.8 Å². The van der Waals surface area contributed by atoms with Crippen LogP contribution in [0.15, 0.2) is 30.3 Å². The molecule has 0 bridgehead atoms. The van der Waals surface area contributed by atoms with Crippen molar-refractivity contribution in [2.24, 2.45) is 0 Å². The number of carbonyl (C=O) groups is 3. The number of carbonyl (C=O) groups excluding carboxylic acids is 3. The van der Waals surface area contributed by atoms with Crippen molar-refractivity contribution in [2.75, 3.05) is 19.6 Å². The molecule has 2 N–H and O–H groups in total. The van der Waals surface area contributed by atoms with Gasteiger partial charge in [0.25, 0.3) is 0 Å². The smallest absolute Gasteiger partial charge is 0.410 e. The second-order valence-corrected chi connectivity index (χ2v) is 8.08. The van der Waals surface area contributed by atoms with E-state index in [1.54, 1.807) is 20.8 Å². The molecule has 1 aromatic rings. The van der Waals surface area contributed by atoms with Crippen LogP contribution < -0.4 is 10.6 Å². The fourth-order valence-corrected chi connectivity index (χ4v) is 3.05. The van der Waals surface area contributed by atoms with Crippen molar-refractivity contribution in [2.45, 2.75) is 51.4 Å². The molecule has 1 aliphatic rings. The van der Waals surface area contributed by atoms with Gasteiger partial charge in [-0.25, -0.2) is 9.59 Å². The van der Waals surface area contributed by atoms with Gasteiger partial charge < -0.3 is 25.0 Å². The van der Waals surface area contributed by atoms with Crippen LogP contribution >= 0.6 is 0 Å². The molecule has 1 saturated heterocycles. The molecule has 1 fully saturated rings. The summed E-state index contributed by atoms with van der Waals surface area (Å²) in [6.07, 6.45) is -0.870. The second kappa shape index (κ2) is 9.96. The molecule has 0 spiro atoms. The Kier molecular flexibility index (Phi) is 7.64. The highest BCUT2D eigenvalue weighted by Crippen LogP contribution is 2.25. The van der Waals surface area contributed by atoms with E-state index < -0.39 is 29.2 Å². The molecule has 1 aromatic carbocycles. The number of nitriles is 1. The normalized spacial score (nSPS) is 15.5. The van der Waals surface area contributed by atoms with Gasteiger partial charge in [-0.05, 0) is 39.2 Å². The van der Waals surface area contributed by atoms with Crippen molar-refractivity contribution in [3.8, 4) is 6.07 Å². The number of alkyl carbamates (subject to hydrolysis) is 1. The maximum absolute atomic E-state index is 12.7. The first-order valence-electron chi connectivity index (χ1n) is 9.77. The Morgan fingerprint density at radius 3 is 2.37 bits per heavy atom. The van der Waals surface area contributed by atoms with Crippen LogP contribution in [0.2, 0.25) is 0 Å². The van der Waals surface area contributed by atoms with Crippen LogP contribution in [0.5, 0.6) is 0 Å². The number of hydrogen-bond donors (Lipinski definition) is 2. The van der Waals surface area contributed by atoms with Crippen LogP contribution in [-0.2, 0) is 20.9 Å². The zero-order valence-electron chi connectivity index (χ0n) is 17.6. The maximum Gasteiger partial charge on any atom is 0.410 e. The molecule has 30 heavy (non-hydrogen) atoms. The first-order chi connectivity index (χ1) is 14.1. The maximum atomic E-state index is 12.7. The fourth-order valence-electron chi connectivity index (χ4n) is 3.05. The minimum atomic E-state index is -1.27. The van der Waals surface area contributed by atoms with Gasteiger partial charge in [-0.15, -0.1) is 0 Å². The number of amides is 3. The van der Waals surface area contributed by atoms with Gasteiger partial charge in [-0.2, -0.15) is 5.26 Å². The Morgan fingerprint density at radius 2 is 1.80 bits per heavy atom. The number of rotatable bonds is 5. The molecule has 1 aliphatic heterocycles. The first kappa shape index (κ1) is 23.0. The summed E-state index contributed by atoms with van der Waals surface area (Å²) in [7, 11) is 0. The summed E-state index contributed by atoms with van der Waals surface area (Å²) in [4.78, 5) is 38.9. The summed E-state index contributed by atoms with van der Waals surface area (Å²) in [6.45, 7) is 5.64. The van der Waals surface area contributed by atoms with Crippen LogP contribution in [0.25, 0.3) is 0 Å². The number of piperidine rings is 1.